The van der Waals surface area contributed by atoms with Crippen LogP contribution in [0.1, 0.15) is 27.2 Å². The van der Waals surface area contributed by atoms with Crippen LogP contribution in [0.25, 0.3) is 33.2 Å². The summed E-state index contributed by atoms with van der Waals surface area (Å²) in [6, 6.07) is 15.3. The van der Waals surface area contributed by atoms with Gasteiger partial charge >= 0.3 is 5.97 Å². The highest BCUT2D eigenvalue weighted by atomic mass is 16.6. The van der Waals surface area contributed by atoms with E-state index in [2.05, 4.69) is 4.57 Å². The molecule has 166 valence electrons. The van der Waals surface area contributed by atoms with Crippen LogP contribution in [0, 0.1) is 0 Å². The van der Waals surface area contributed by atoms with Crippen LogP contribution in [-0.4, -0.2) is 32.2 Å². The molecule has 0 amide bonds. The Labute approximate surface area is 186 Å². The molecule has 0 spiro atoms. The third-order valence-corrected chi connectivity index (χ3v) is 5.21. The largest absolute Gasteiger partial charge is 0.459 e. The van der Waals surface area contributed by atoms with Crippen molar-refractivity contribution < 1.29 is 9.53 Å². The van der Waals surface area contributed by atoms with Gasteiger partial charge in [0.25, 0.3) is 5.56 Å². The molecule has 0 aliphatic carbocycles. The number of nitrogens with two attached hydrogens (primary N) is 1. The molecular weight excluding hydrogens is 404 g/mol. The summed E-state index contributed by atoms with van der Waals surface area (Å²) in [4.78, 5) is 30.9. The van der Waals surface area contributed by atoms with Gasteiger partial charge in [0, 0.05) is 29.2 Å². The first-order chi connectivity index (χ1) is 15.3. The van der Waals surface area contributed by atoms with Gasteiger partial charge in [0.1, 0.15) is 17.8 Å². The standard InChI is InChI=1S/C25H28N4O3/c1-25(2,3)32-22(30)16-29-21-12-7-5-10-19(21)27-23(24(29)31)18-15-28(14-8-13-26)20-11-6-4-9-17(18)20/h4-7,9-12,15H,8,13-14,16,26H2,1-3H3. The number of fused-ring (bicyclic) bond motifs is 2. The highest BCUT2D eigenvalue weighted by Gasteiger charge is 2.21. The minimum atomic E-state index is -0.636. The molecule has 2 heterocycles. The van der Waals surface area contributed by atoms with E-state index in [4.69, 9.17) is 15.5 Å². The second kappa shape index (κ2) is 8.59. The van der Waals surface area contributed by atoms with Crippen LogP contribution in [0.2, 0.25) is 0 Å². The average Bonchev–Trinajstić information content (AvgIpc) is 3.11. The fourth-order valence-corrected chi connectivity index (χ4v) is 3.91. The maximum Gasteiger partial charge on any atom is 0.326 e. The van der Waals surface area contributed by atoms with E-state index in [1.54, 1.807) is 26.8 Å². The lowest BCUT2D eigenvalue weighted by Crippen LogP contribution is -2.31. The molecule has 7 nitrogen and oxygen atoms in total. The van der Waals surface area contributed by atoms with Gasteiger partial charge in [-0.05, 0) is 51.9 Å². The molecule has 2 N–H and O–H groups in total. The van der Waals surface area contributed by atoms with Crippen molar-refractivity contribution in [3.8, 4) is 11.3 Å². The molecule has 2 aromatic heterocycles. The van der Waals surface area contributed by atoms with Crippen LogP contribution < -0.4 is 11.3 Å². The van der Waals surface area contributed by atoms with Gasteiger partial charge in [0.05, 0.1) is 11.0 Å². The number of para-hydroxylation sites is 3. The molecule has 32 heavy (non-hydrogen) atoms. The van der Waals surface area contributed by atoms with Gasteiger partial charge in [-0.3, -0.25) is 14.2 Å². The van der Waals surface area contributed by atoms with E-state index in [-0.39, 0.29) is 12.1 Å². The average molecular weight is 433 g/mol. The first-order valence-electron chi connectivity index (χ1n) is 10.8. The summed E-state index contributed by atoms with van der Waals surface area (Å²) in [7, 11) is 0. The van der Waals surface area contributed by atoms with Gasteiger partial charge in [-0.15, -0.1) is 0 Å². The summed E-state index contributed by atoms with van der Waals surface area (Å²) in [5.74, 6) is -0.465. The molecule has 0 bridgehead atoms. The van der Waals surface area contributed by atoms with Crippen LogP contribution in [0.3, 0.4) is 0 Å². The minimum absolute atomic E-state index is 0.183. The van der Waals surface area contributed by atoms with Gasteiger partial charge in [0.15, 0.2) is 0 Å². The summed E-state index contributed by atoms with van der Waals surface area (Å²) >= 11 is 0. The van der Waals surface area contributed by atoms with Gasteiger partial charge in [-0.2, -0.15) is 0 Å². The van der Waals surface area contributed by atoms with Crippen LogP contribution in [0.4, 0.5) is 0 Å². The number of aromatic nitrogens is 3. The minimum Gasteiger partial charge on any atom is -0.459 e. The Morgan fingerprint density at radius 3 is 2.47 bits per heavy atom. The predicted molar refractivity (Wildman–Crippen MR) is 126 cm³/mol. The van der Waals surface area contributed by atoms with E-state index in [1.165, 1.54) is 4.57 Å². The van der Waals surface area contributed by atoms with Crippen molar-refractivity contribution in [2.45, 2.75) is 45.9 Å². The molecule has 0 aliphatic heterocycles. The Morgan fingerprint density at radius 2 is 1.75 bits per heavy atom. The van der Waals surface area contributed by atoms with Crippen molar-refractivity contribution in [2.75, 3.05) is 6.54 Å². The van der Waals surface area contributed by atoms with Gasteiger partial charge in [-0.1, -0.05) is 30.3 Å². The van der Waals surface area contributed by atoms with Crippen LogP contribution >= 0.6 is 0 Å². The van der Waals surface area contributed by atoms with E-state index in [0.29, 0.717) is 23.3 Å². The van der Waals surface area contributed by atoms with Gasteiger partial charge < -0.3 is 15.0 Å². The predicted octanol–water partition coefficient (Wildman–Crippen LogP) is 3.71. The fourth-order valence-electron chi connectivity index (χ4n) is 3.91. The second-order valence-corrected chi connectivity index (χ2v) is 8.82. The molecule has 0 aliphatic rings. The number of esters is 1. The Hall–Kier alpha value is -3.45. The van der Waals surface area contributed by atoms with Gasteiger partial charge in [0.2, 0.25) is 0 Å². The van der Waals surface area contributed by atoms with E-state index < -0.39 is 11.6 Å². The molecule has 0 unspecified atom stereocenters. The molecule has 4 rings (SSSR count). The summed E-state index contributed by atoms with van der Waals surface area (Å²) in [5, 5.41) is 0.938. The third-order valence-electron chi connectivity index (χ3n) is 5.21. The van der Waals surface area contributed by atoms with E-state index in [0.717, 1.165) is 29.4 Å². The zero-order valence-electron chi connectivity index (χ0n) is 18.7. The number of benzene rings is 2. The van der Waals surface area contributed by atoms with Crippen LogP contribution in [0.15, 0.2) is 59.5 Å². The quantitative estimate of drug-likeness (QED) is 0.469. The number of hydrogen-bond acceptors (Lipinski definition) is 5. The third kappa shape index (κ3) is 4.29. The highest BCUT2D eigenvalue weighted by molar-refractivity contribution is 5.96. The lowest BCUT2D eigenvalue weighted by molar-refractivity contribution is -0.155. The number of carbonyl (C=O) groups is 1. The smallest absolute Gasteiger partial charge is 0.326 e. The number of ether oxygens (including phenoxy) is 1. The summed E-state index contributed by atoms with van der Waals surface area (Å²) in [6.45, 7) is 6.56. The van der Waals surface area contributed by atoms with E-state index in [9.17, 15) is 9.59 Å². The number of aryl methyl sites for hydroxylation is 1. The molecule has 0 fully saturated rings. The molecule has 2 aromatic carbocycles. The maximum atomic E-state index is 13.6. The highest BCUT2D eigenvalue weighted by Crippen LogP contribution is 2.29. The molecular formula is C25H28N4O3. The SMILES string of the molecule is CC(C)(C)OC(=O)Cn1c(=O)c(-c2cn(CCCN)c3ccccc23)nc2ccccc21. The van der Waals surface area contributed by atoms with Gasteiger partial charge in [-0.25, -0.2) is 4.98 Å². The molecule has 0 atom stereocenters. The summed E-state index contributed by atoms with van der Waals surface area (Å²) in [5.41, 5.74) is 8.07. The Bertz CT molecular complexity index is 1350. The van der Waals surface area contributed by atoms with E-state index in [1.807, 2.05) is 48.7 Å². The monoisotopic (exact) mass is 432 g/mol. The normalized spacial score (nSPS) is 11.9. The Morgan fingerprint density at radius 1 is 1.06 bits per heavy atom. The van der Waals surface area contributed by atoms with Crippen LogP contribution in [0.5, 0.6) is 0 Å². The molecule has 0 saturated carbocycles. The number of rotatable bonds is 6. The molecule has 0 radical (unpaired) electrons. The van der Waals surface area contributed by atoms with Crippen molar-refractivity contribution >= 4 is 27.9 Å². The number of hydrogen-bond donors (Lipinski definition) is 1. The molecule has 7 heteroatoms. The lowest BCUT2D eigenvalue weighted by atomic mass is 10.1. The molecule has 4 aromatic rings. The summed E-state index contributed by atoms with van der Waals surface area (Å²) in [6.07, 6.45) is 2.78. The topological polar surface area (TPSA) is 92.1 Å². The van der Waals surface area contributed by atoms with Crippen molar-refractivity contribution in [1.29, 1.82) is 0 Å². The Kier molecular flexibility index (Phi) is 5.84. The van der Waals surface area contributed by atoms with Crippen molar-refractivity contribution in [3.63, 3.8) is 0 Å². The molecule has 0 saturated heterocycles. The van der Waals surface area contributed by atoms with E-state index >= 15 is 0 Å². The van der Waals surface area contributed by atoms with Crippen molar-refractivity contribution in [2.24, 2.45) is 5.73 Å². The fraction of sp³-hybridized carbons (Fsp3) is 0.320. The van der Waals surface area contributed by atoms with Crippen molar-refractivity contribution in [1.82, 2.24) is 14.1 Å². The van der Waals surface area contributed by atoms with Crippen LogP contribution in [-0.2, 0) is 22.6 Å². The number of carbonyl (C=O) groups excluding carboxylic acids is 1. The lowest BCUT2D eigenvalue weighted by Gasteiger charge is -2.20. The first kappa shape index (κ1) is 21.8. The zero-order valence-corrected chi connectivity index (χ0v) is 18.7. The van der Waals surface area contributed by atoms with Crippen molar-refractivity contribution in [3.05, 3.63) is 65.1 Å². The second-order valence-electron chi connectivity index (χ2n) is 8.82. The Balaban J connectivity index is 1.90. The first-order valence-corrected chi connectivity index (χ1v) is 10.8. The number of nitrogens with zero attached hydrogens (tertiary/aromatic N) is 3. The maximum absolute atomic E-state index is 13.6. The zero-order chi connectivity index (χ0) is 22.9. The summed E-state index contributed by atoms with van der Waals surface area (Å²) < 4.78 is 9.03.